The lowest BCUT2D eigenvalue weighted by atomic mass is 9.77. The third kappa shape index (κ3) is 2.71. The number of nitrogens with zero attached hydrogens (tertiary/aromatic N) is 3. The molecule has 0 aliphatic carbocycles. The highest BCUT2D eigenvalue weighted by molar-refractivity contribution is 5.75. The van der Waals surface area contributed by atoms with Gasteiger partial charge in [0.05, 0.1) is 5.52 Å². The van der Waals surface area contributed by atoms with E-state index >= 15 is 0 Å². The van der Waals surface area contributed by atoms with E-state index in [1.165, 1.54) is 0 Å². The quantitative estimate of drug-likeness (QED) is 0.435. The summed E-state index contributed by atoms with van der Waals surface area (Å²) in [5.41, 5.74) is 3.61. The van der Waals surface area contributed by atoms with Crippen LogP contribution in [-0.4, -0.2) is 25.2 Å². The van der Waals surface area contributed by atoms with Crippen molar-refractivity contribution in [3.05, 3.63) is 120 Å². The Morgan fingerprint density at radius 1 is 0.567 bits per heavy atom. The van der Waals surface area contributed by atoms with E-state index < -0.39 is 5.54 Å². The van der Waals surface area contributed by atoms with Crippen LogP contribution in [0.3, 0.4) is 0 Å². The van der Waals surface area contributed by atoms with Gasteiger partial charge < -0.3 is 10.2 Å². The van der Waals surface area contributed by atoms with Gasteiger partial charge in [-0.2, -0.15) is 0 Å². The number of aromatic nitrogens is 3. The van der Waals surface area contributed by atoms with Crippen molar-refractivity contribution in [3.63, 3.8) is 0 Å². The van der Waals surface area contributed by atoms with Crippen LogP contribution < -0.4 is 0 Å². The predicted octanol–water partition coefficient (Wildman–Crippen LogP) is 4.68. The van der Waals surface area contributed by atoms with Crippen molar-refractivity contribution in [1.82, 2.24) is 15.0 Å². The summed E-state index contributed by atoms with van der Waals surface area (Å²) in [7, 11) is 0. The molecule has 0 saturated heterocycles. The maximum absolute atomic E-state index is 9.93. The van der Waals surface area contributed by atoms with E-state index in [1.807, 2.05) is 71.4 Å². The van der Waals surface area contributed by atoms with Crippen LogP contribution in [0.15, 0.2) is 103 Å². The highest BCUT2D eigenvalue weighted by Gasteiger charge is 2.40. The Labute approximate surface area is 173 Å². The fourth-order valence-corrected chi connectivity index (χ4v) is 4.07. The molecular formula is C25H19N3O2. The zero-order chi connectivity index (χ0) is 20.6. The van der Waals surface area contributed by atoms with Crippen LogP contribution in [0.25, 0.3) is 11.0 Å². The molecule has 30 heavy (non-hydrogen) atoms. The van der Waals surface area contributed by atoms with Crippen LogP contribution in [0.1, 0.15) is 16.7 Å². The second kappa shape index (κ2) is 7.04. The molecular weight excluding hydrogens is 374 g/mol. The van der Waals surface area contributed by atoms with Gasteiger partial charge in [-0.05, 0) is 53.1 Å². The summed E-state index contributed by atoms with van der Waals surface area (Å²) in [5, 5.41) is 28.9. The smallest absolute Gasteiger partial charge is 0.140 e. The number of hydrogen-bond acceptors (Lipinski definition) is 4. The van der Waals surface area contributed by atoms with E-state index in [-0.39, 0.29) is 11.5 Å². The maximum Gasteiger partial charge on any atom is 0.140 e. The molecule has 0 aliphatic heterocycles. The molecule has 0 radical (unpaired) electrons. The number of benzene rings is 4. The minimum Gasteiger partial charge on any atom is -0.508 e. The fraction of sp³-hybridized carbons (Fsp3) is 0.0400. The first kappa shape index (κ1) is 17.9. The van der Waals surface area contributed by atoms with Gasteiger partial charge in [0.25, 0.3) is 0 Å². The summed E-state index contributed by atoms with van der Waals surface area (Å²) in [6.45, 7) is 0. The van der Waals surface area contributed by atoms with Gasteiger partial charge in [0.2, 0.25) is 0 Å². The second-order valence-electron chi connectivity index (χ2n) is 7.16. The van der Waals surface area contributed by atoms with Crippen molar-refractivity contribution in [2.75, 3.05) is 0 Å². The van der Waals surface area contributed by atoms with E-state index in [0.717, 1.165) is 27.7 Å². The minimum atomic E-state index is -0.862. The summed E-state index contributed by atoms with van der Waals surface area (Å²) < 4.78 is 1.91. The third-order valence-electron chi connectivity index (χ3n) is 5.43. The zero-order valence-electron chi connectivity index (χ0n) is 16.1. The lowest BCUT2D eigenvalue weighted by molar-refractivity contribution is 0.452. The monoisotopic (exact) mass is 393 g/mol. The van der Waals surface area contributed by atoms with Gasteiger partial charge in [-0.15, -0.1) is 5.10 Å². The zero-order valence-corrected chi connectivity index (χ0v) is 16.1. The third-order valence-corrected chi connectivity index (χ3v) is 5.43. The number of aromatic hydroxyl groups is 2. The number of rotatable bonds is 4. The lowest BCUT2D eigenvalue weighted by Gasteiger charge is -2.36. The van der Waals surface area contributed by atoms with Crippen molar-refractivity contribution < 1.29 is 10.2 Å². The average Bonchev–Trinajstić information content (AvgIpc) is 3.22. The first-order valence-corrected chi connectivity index (χ1v) is 9.65. The summed E-state index contributed by atoms with van der Waals surface area (Å²) in [5.74, 6) is 0.379. The maximum atomic E-state index is 9.93. The molecule has 0 fully saturated rings. The molecule has 2 N–H and O–H groups in total. The van der Waals surface area contributed by atoms with Crippen LogP contribution in [0.5, 0.6) is 11.5 Å². The van der Waals surface area contributed by atoms with E-state index in [9.17, 15) is 10.2 Å². The Hall–Kier alpha value is -4.12. The Morgan fingerprint density at radius 2 is 1.07 bits per heavy atom. The summed E-state index contributed by atoms with van der Waals surface area (Å²) in [6, 6.07) is 32.2. The molecule has 146 valence electrons. The molecule has 0 bridgehead atoms. The fourth-order valence-electron chi connectivity index (χ4n) is 4.07. The first-order valence-electron chi connectivity index (χ1n) is 9.65. The van der Waals surface area contributed by atoms with E-state index in [0.29, 0.717) is 0 Å². The van der Waals surface area contributed by atoms with Gasteiger partial charge in [0.15, 0.2) is 0 Å². The van der Waals surface area contributed by atoms with Crippen molar-refractivity contribution in [3.8, 4) is 11.5 Å². The Bertz CT molecular complexity index is 1250. The van der Waals surface area contributed by atoms with Crippen LogP contribution >= 0.6 is 0 Å². The molecule has 1 aromatic heterocycles. The van der Waals surface area contributed by atoms with Gasteiger partial charge in [-0.1, -0.05) is 71.9 Å². The number of fused-ring (bicyclic) bond motifs is 1. The van der Waals surface area contributed by atoms with Gasteiger partial charge in [-0.3, -0.25) is 0 Å². The summed E-state index contributed by atoms with van der Waals surface area (Å²) in [6.07, 6.45) is 0. The minimum absolute atomic E-state index is 0.190. The lowest BCUT2D eigenvalue weighted by Crippen LogP contribution is -2.38. The highest BCUT2D eigenvalue weighted by Crippen LogP contribution is 2.42. The van der Waals surface area contributed by atoms with Crippen LogP contribution in [-0.2, 0) is 5.54 Å². The number of hydrogen-bond donors (Lipinski definition) is 2. The Balaban J connectivity index is 1.95. The Morgan fingerprint density at radius 3 is 1.67 bits per heavy atom. The second-order valence-corrected chi connectivity index (χ2v) is 7.16. The largest absolute Gasteiger partial charge is 0.508 e. The summed E-state index contributed by atoms with van der Waals surface area (Å²) in [4.78, 5) is 0. The van der Waals surface area contributed by atoms with E-state index in [4.69, 9.17) is 0 Å². The molecule has 0 aliphatic rings. The summed E-state index contributed by atoms with van der Waals surface area (Å²) >= 11 is 0. The molecule has 0 atom stereocenters. The molecule has 0 saturated carbocycles. The average molecular weight is 393 g/mol. The highest BCUT2D eigenvalue weighted by atomic mass is 16.3. The predicted molar refractivity (Wildman–Crippen MR) is 115 cm³/mol. The molecule has 5 rings (SSSR count). The topological polar surface area (TPSA) is 71.2 Å². The molecule has 5 heteroatoms. The molecule has 5 aromatic rings. The van der Waals surface area contributed by atoms with Gasteiger partial charge in [-0.25, -0.2) is 4.68 Å². The van der Waals surface area contributed by atoms with Crippen molar-refractivity contribution in [1.29, 1.82) is 0 Å². The molecule has 4 aromatic carbocycles. The van der Waals surface area contributed by atoms with E-state index in [1.54, 1.807) is 24.3 Å². The van der Waals surface area contributed by atoms with Crippen molar-refractivity contribution in [2.24, 2.45) is 0 Å². The van der Waals surface area contributed by atoms with E-state index in [2.05, 4.69) is 22.4 Å². The molecule has 0 unspecified atom stereocenters. The molecule has 0 amide bonds. The number of para-hydroxylation sites is 1. The SMILES string of the molecule is Oc1ccc(C(c2ccccc2)(c2ccc(O)cc2)n2nnc3ccccc32)cc1. The normalized spacial score (nSPS) is 11.6. The Kier molecular flexibility index (Phi) is 4.21. The first-order chi connectivity index (χ1) is 14.7. The van der Waals surface area contributed by atoms with Gasteiger partial charge >= 0.3 is 0 Å². The van der Waals surface area contributed by atoms with Crippen LogP contribution in [0.2, 0.25) is 0 Å². The molecule has 0 spiro atoms. The van der Waals surface area contributed by atoms with Gasteiger partial charge in [0, 0.05) is 0 Å². The standard InChI is InChI=1S/C25H19N3O2/c29-21-14-10-19(11-15-21)25(18-6-2-1-3-7-18,20-12-16-22(30)17-13-20)28-24-9-5-4-8-23(24)26-27-28/h1-17,29-30H. The van der Waals surface area contributed by atoms with Crippen LogP contribution in [0, 0.1) is 0 Å². The number of phenolic OH excluding ortho intramolecular Hbond substituents is 2. The molecule has 5 nitrogen and oxygen atoms in total. The molecule has 1 heterocycles. The van der Waals surface area contributed by atoms with Crippen molar-refractivity contribution >= 4 is 11.0 Å². The van der Waals surface area contributed by atoms with Crippen molar-refractivity contribution in [2.45, 2.75) is 5.54 Å². The van der Waals surface area contributed by atoms with Crippen LogP contribution in [0.4, 0.5) is 0 Å². The number of phenols is 2. The van der Waals surface area contributed by atoms with Gasteiger partial charge in [0.1, 0.15) is 22.6 Å².